The van der Waals surface area contributed by atoms with Gasteiger partial charge in [-0.2, -0.15) is 0 Å². The Hall–Kier alpha value is -7.33. The molecule has 0 radical (unpaired) electrons. The SMILES string of the molecule is CC(C)c1cccc(C(C)C)c1-c1ccc2c3ccc(Oc4[c-]c5c(cc4)c4ccc(-c6c(C(C)C)cccc6C(C)C)cc4n4c(-c6c(C(C)C)cccc6C(C)C)cnc54)[c-]c3c3ncc(-c4c(C(C)C)cccc4C(C)C)n3c2c1.[Pt+2]. The molecule has 5 nitrogen and oxygen atoms in total. The monoisotopic (exact) mass is 1280 g/mol. The van der Waals surface area contributed by atoms with Crippen molar-refractivity contribution in [1.82, 2.24) is 18.8 Å². The quantitative estimate of drug-likeness (QED) is 0.0805. The van der Waals surface area contributed by atoms with E-state index in [0.717, 1.165) is 66.0 Å². The van der Waals surface area contributed by atoms with Gasteiger partial charge in [-0.3, -0.25) is 9.97 Å². The summed E-state index contributed by atoms with van der Waals surface area (Å²) in [6, 6.07) is 57.7. The van der Waals surface area contributed by atoms with E-state index in [-0.39, 0.29) is 21.1 Å². The zero-order chi connectivity index (χ0) is 58.4. The van der Waals surface area contributed by atoms with E-state index in [0.29, 0.717) is 58.8 Å². The molecule has 12 aromatic rings. The summed E-state index contributed by atoms with van der Waals surface area (Å²) in [4.78, 5) is 10.8. The molecule has 12 rings (SSSR count). The Bertz CT molecular complexity index is 4110. The minimum Gasteiger partial charge on any atom is -0.497 e. The number of rotatable bonds is 14. The van der Waals surface area contributed by atoms with Gasteiger partial charge in [0.15, 0.2) is 0 Å². The molecule has 0 atom stereocenters. The van der Waals surface area contributed by atoms with Crippen LogP contribution in [0, 0.1) is 12.1 Å². The van der Waals surface area contributed by atoms with Gasteiger partial charge in [-0.25, -0.2) is 0 Å². The molecule has 6 heteroatoms. The molecule has 0 aliphatic rings. The second-order valence-electron chi connectivity index (χ2n) is 25.9. The van der Waals surface area contributed by atoms with E-state index in [1.165, 1.54) is 77.9 Å². The predicted molar refractivity (Wildman–Crippen MR) is 353 cm³/mol. The maximum absolute atomic E-state index is 7.01. The van der Waals surface area contributed by atoms with Crippen LogP contribution in [-0.2, 0) is 21.1 Å². The first-order valence-corrected chi connectivity index (χ1v) is 30.6. The maximum Gasteiger partial charge on any atom is 2.00 e. The molecule has 0 N–H and O–H groups in total. The van der Waals surface area contributed by atoms with Crippen molar-refractivity contribution in [2.45, 2.75) is 158 Å². The van der Waals surface area contributed by atoms with Gasteiger partial charge in [0, 0.05) is 46.1 Å². The molecule has 0 aliphatic carbocycles. The van der Waals surface area contributed by atoms with Crippen LogP contribution in [0.4, 0.5) is 0 Å². The number of ether oxygens (including phenoxy) is 1. The average molecular weight is 1280 g/mol. The summed E-state index contributed by atoms with van der Waals surface area (Å²) in [5.74, 6) is 3.83. The van der Waals surface area contributed by atoms with Crippen LogP contribution in [0.1, 0.15) is 203 Å². The van der Waals surface area contributed by atoms with Crippen molar-refractivity contribution in [2.75, 3.05) is 0 Å². The van der Waals surface area contributed by atoms with Crippen LogP contribution in [0.2, 0.25) is 0 Å². The Balaban J connectivity index is 0.00000736. The summed E-state index contributed by atoms with van der Waals surface area (Å²) in [7, 11) is 0. The molecule has 8 aromatic carbocycles. The van der Waals surface area contributed by atoms with Crippen molar-refractivity contribution in [2.24, 2.45) is 0 Å². The minimum absolute atomic E-state index is 0. The molecule has 4 heterocycles. The fourth-order valence-corrected chi connectivity index (χ4v) is 13.5. The van der Waals surface area contributed by atoms with Gasteiger partial charge < -0.3 is 13.5 Å². The summed E-state index contributed by atoms with van der Waals surface area (Å²) in [6.45, 7) is 36.9. The fraction of sp³-hybridized carbons (Fsp3) is 0.308. The Morgan fingerprint density at radius 1 is 0.333 bits per heavy atom. The van der Waals surface area contributed by atoms with E-state index >= 15 is 0 Å². The summed E-state index contributed by atoms with van der Waals surface area (Å²) in [5.41, 5.74) is 24.4. The van der Waals surface area contributed by atoms with Crippen molar-refractivity contribution < 1.29 is 25.8 Å². The van der Waals surface area contributed by atoms with E-state index in [1.54, 1.807) is 0 Å². The van der Waals surface area contributed by atoms with E-state index < -0.39 is 0 Å². The second-order valence-corrected chi connectivity index (χ2v) is 25.9. The van der Waals surface area contributed by atoms with Crippen molar-refractivity contribution in [1.29, 1.82) is 0 Å². The number of benzene rings is 8. The Morgan fingerprint density at radius 3 is 0.893 bits per heavy atom. The predicted octanol–water partition coefficient (Wildman–Crippen LogP) is 22.6. The van der Waals surface area contributed by atoms with E-state index in [2.05, 4.69) is 278 Å². The van der Waals surface area contributed by atoms with Crippen LogP contribution in [0.3, 0.4) is 0 Å². The van der Waals surface area contributed by atoms with Crippen LogP contribution in [0.5, 0.6) is 11.5 Å². The molecule has 0 bridgehead atoms. The molecular weight excluding hydrogens is 1200 g/mol. The average Bonchev–Trinajstić information content (AvgIpc) is 3.88. The molecule has 4 aromatic heterocycles. The normalized spacial score (nSPS) is 12.3. The van der Waals surface area contributed by atoms with Crippen molar-refractivity contribution in [3.63, 3.8) is 0 Å². The number of hydrogen-bond donors (Lipinski definition) is 0. The first kappa shape index (κ1) is 58.4. The number of aromatic nitrogens is 4. The Labute approximate surface area is 512 Å². The maximum atomic E-state index is 7.01. The van der Waals surface area contributed by atoms with Gasteiger partial charge in [0.25, 0.3) is 0 Å². The molecule has 0 fully saturated rings. The van der Waals surface area contributed by atoms with Crippen molar-refractivity contribution >= 4 is 54.6 Å². The molecule has 428 valence electrons. The number of hydrogen-bond acceptors (Lipinski definition) is 3. The van der Waals surface area contributed by atoms with Crippen molar-refractivity contribution in [3.8, 4) is 56.3 Å². The van der Waals surface area contributed by atoms with Gasteiger partial charge >= 0.3 is 21.1 Å². The summed E-state index contributed by atoms with van der Waals surface area (Å²) < 4.78 is 11.8. The molecule has 84 heavy (non-hydrogen) atoms. The van der Waals surface area contributed by atoms with Gasteiger partial charge in [0.05, 0.1) is 22.7 Å². The first-order valence-electron chi connectivity index (χ1n) is 30.6. The minimum atomic E-state index is 0. The van der Waals surface area contributed by atoms with E-state index in [4.69, 9.17) is 14.7 Å². The Morgan fingerprint density at radius 2 is 0.607 bits per heavy atom. The molecule has 0 aliphatic heterocycles. The zero-order valence-electron chi connectivity index (χ0n) is 52.0. The second kappa shape index (κ2) is 22.9. The first-order chi connectivity index (χ1) is 39.8. The van der Waals surface area contributed by atoms with E-state index in [9.17, 15) is 0 Å². The third kappa shape index (κ3) is 9.87. The van der Waals surface area contributed by atoms with Crippen LogP contribution in [-0.4, -0.2) is 18.8 Å². The molecule has 0 unspecified atom stereocenters. The standard InChI is InChI=1S/C78H80N4O.Pt/c1-43(2)55-21-17-22-56(44(3)4)73(55)51-29-33-65-63-35-31-53(39-67(63)77-79-41-71(81(77)69(65)37-51)75-59(47(9)10)25-19-26-60(75)48(11)12)83-54-32-36-64-66-34-30-52(74-57(45(5)6)23-18-24-58(74)46(7)8)38-70(66)82-72(42-80-78(82)68(64)40-54)76-61(49(13)14)27-20-28-62(76)50(15)16;/h17-38,41-50H,1-16H3;/q-2;+2. The van der Waals surface area contributed by atoms with Gasteiger partial charge in [-0.15, -0.1) is 12.1 Å². The fourth-order valence-electron chi connectivity index (χ4n) is 13.5. The number of fused-ring (bicyclic) bond motifs is 12. The van der Waals surface area contributed by atoms with Gasteiger partial charge in [-0.1, -0.05) is 254 Å². The number of imidazole rings is 2. The largest absolute Gasteiger partial charge is 2.00 e. The molecule has 0 spiro atoms. The molecule has 0 amide bonds. The van der Waals surface area contributed by atoms with Gasteiger partial charge in [0.2, 0.25) is 0 Å². The van der Waals surface area contributed by atoms with E-state index in [1.807, 2.05) is 0 Å². The third-order valence-corrected chi connectivity index (χ3v) is 17.7. The van der Waals surface area contributed by atoms with Gasteiger partial charge in [-0.05, 0) is 137 Å². The smallest absolute Gasteiger partial charge is 0.497 e. The molecule has 0 saturated carbocycles. The van der Waals surface area contributed by atoms with Crippen LogP contribution in [0.25, 0.3) is 99.4 Å². The van der Waals surface area contributed by atoms with Crippen LogP contribution in [0.15, 0.2) is 146 Å². The number of pyridine rings is 2. The molecule has 0 saturated heterocycles. The van der Waals surface area contributed by atoms with Gasteiger partial charge in [0.1, 0.15) is 0 Å². The third-order valence-electron chi connectivity index (χ3n) is 17.7. The topological polar surface area (TPSA) is 43.8 Å². The summed E-state index contributed by atoms with van der Waals surface area (Å²) in [5, 5.41) is 6.23. The van der Waals surface area contributed by atoms with Crippen molar-refractivity contribution in [3.05, 3.63) is 202 Å². The van der Waals surface area contributed by atoms with Crippen LogP contribution >= 0.6 is 0 Å². The summed E-state index contributed by atoms with van der Waals surface area (Å²) >= 11 is 0. The zero-order valence-corrected chi connectivity index (χ0v) is 54.3. The number of nitrogens with zero attached hydrogens (tertiary/aromatic N) is 4. The summed E-state index contributed by atoms with van der Waals surface area (Å²) in [6.07, 6.45) is 4.20. The molecular formula is C78H80N4OPt. The van der Waals surface area contributed by atoms with Crippen LogP contribution < -0.4 is 4.74 Å². The Kier molecular flexibility index (Phi) is 15.9.